The molecule has 216 valence electrons. The Balaban J connectivity index is 1.88. The van der Waals surface area contributed by atoms with E-state index >= 15 is 0 Å². The lowest BCUT2D eigenvalue weighted by atomic mass is 10.0. The van der Waals surface area contributed by atoms with Crippen LogP contribution in [0.2, 0.25) is 4.34 Å². The van der Waals surface area contributed by atoms with Crippen molar-refractivity contribution in [2.24, 2.45) is 5.16 Å². The summed E-state index contributed by atoms with van der Waals surface area (Å²) in [6, 6.07) is -1.13. The third-order valence-corrected chi connectivity index (χ3v) is 8.01. The van der Waals surface area contributed by atoms with Crippen LogP contribution in [0.15, 0.2) is 16.4 Å². The summed E-state index contributed by atoms with van der Waals surface area (Å²) in [5.74, 6) is -3.40. The lowest BCUT2D eigenvalue weighted by Crippen LogP contribution is -2.71. The third-order valence-electron chi connectivity index (χ3n) is 5.18. The summed E-state index contributed by atoms with van der Waals surface area (Å²) in [5.41, 5.74) is -1.27. The summed E-state index contributed by atoms with van der Waals surface area (Å²) >= 11 is 14.2. The van der Waals surface area contributed by atoms with Crippen LogP contribution in [0.4, 0.5) is 9.93 Å². The van der Waals surface area contributed by atoms with E-state index in [-0.39, 0.29) is 32.5 Å². The van der Waals surface area contributed by atoms with Crippen molar-refractivity contribution in [3.8, 4) is 0 Å². The molecule has 3 heterocycles. The molecular formula is C21H21B2Cl2N5O9S2. The van der Waals surface area contributed by atoms with Crippen LogP contribution in [0, 0.1) is 0 Å². The molecule has 3 amide bonds. The van der Waals surface area contributed by atoms with E-state index in [4.69, 9.17) is 48.9 Å². The maximum absolute atomic E-state index is 13.4. The topological polar surface area (TPSA) is 175 Å². The maximum atomic E-state index is 13.4. The van der Waals surface area contributed by atoms with E-state index in [2.05, 4.69) is 30.1 Å². The Morgan fingerprint density at radius 3 is 2.51 bits per heavy atom. The number of carbonyl (C=O) groups excluding carboxylic acids is 5. The maximum Gasteiger partial charge on any atom is 0.413 e. The molecule has 1 saturated heterocycles. The quantitative estimate of drug-likeness (QED) is 0.131. The molecule has 0 saturated carbocycles. The van der Waals surface area contributed by atoms with Crippen LogP contribution in [0.3, 0.4) is 0 Å². The Morgan fingerprint density at radius 1 is 1.24 bits per heavy atom. The highest BCUT2D eigenvalue weighted by Gasteiger charge is 2.54. The number of β-lactam (4-membered cyclic amide) rings is 1. The fourth-order valence-electron chi connectivity index (χ4n) is 3.39. The van der Waals surface area contributed by atoms with Crippen LogP contribution in [-0.2, 0) is 38.1 Å². The molecule has 3 rings (SSSR count). The van der Waals surface area contributed by atoms with Gasteiger partial charge in [0.25, 0.3) is 11.8 Å². The second kappa shape index (κ2) is 13.4. The number of ether oxygens (including phenoxy) is 1. The Hall–Kier alpha value is -2.95. The molecule has 2 aliphatic heterocycles. The van der Waals surface area contributed by atoms with Gasteiger partial charge in [0.2, 0.25) is 6.10 Å². The third kappa shape index (κ3) is 7.47. The van der Waals surface area contributed by atoms with Crippen LogP contribution >= 0.6 is 46.3 Å². The van der Waals surface area contributed by atoms with Gasteiger partial charge in [0.1, 0.15) is 32.7 Å². The first kappa shape index (κ1) is 32.6. The van der Waals surface area contributed by atoms with E-state index in [1.807, 2.05) is 0 Å². The predicted octanol–water partition coefficient (Wildman–Crippen LogP) is 1.40. The summed E-state index contributed by atoms with van der Waals surface area (Å²) in [7, 11) is 9.88. The van der Waals surface area contributed by atoms with Gasteiger partial charge < -0.3 is 24.2 Å². The first-order valence-corrected chi connectivity index (χ1v) is 14.3. The summed E-state index contributed by atoms with van der Waals surface area (Å²) in [5, 5.41) is 7.85. The van der Waals surface area contributed by atoms with Crippen molar-refractivity contribution in [2.75, 3.05) is 16.9 Å². The van der Waals surface area contributed by atoms with Gasteiger partial charge in [0.15, 0.2) is 10.8 Å². The Kier molecular flexibility index (Phi) is 10.6. The monoisotopic (exact) mass is 643 g/mol. The average Bonchev–Trinajstić information content (AvgIpc) is 3.27. The predicted molar refractivity (Wildman–Crippen MR) is 151 cm³/mol. The lowest BCUT2D eigenvalue weighted by Gasteiger charge is -2.49. The van der Waals surface area contributed by atoms with Gasteiger partial charge in [0, 0.05) is 11.6 Å². The highest BCUT2D eigenvalue weighted by molar-refractivity contribution is 8.00. The van der Waals surface area contributed by atoms with Crippen molar-refractivity contribution < 1.29 is 42.9 Å². The van der Waals surface area contributed by atoms with Crippen LogP contribution in [0.25, 0.3) is 0 Å². The van der Waals surface area contributed by atoms with Crippen molar-refractivity contribution in [2.45, 2.75) is 50.8 Å². The zero-order chi connectivity index (χ0) is 30.6. The van der Waals surface area contributed by atoms with Gasteiger partial charge in [-0.05, 0) is 33.3 Å². The molecule has 0 spiro atoms. The molecule has 41 heavy (non-hydrogen) atoms. The normalized spacial score (nSPS) is 19.4. The molecule has 20 heteroatoms. The zero-order valence-corrected chi connectivity index (χ0v) is 25.0. The number of aromatic nitrogens is 1. The molecule has 0 bridgehead atoms. The number of anilines is 1. The average molecular weight is 644 g/mol. The molecule has 14 nitrogen and oxygen atoms in total. The van der Waals surface area contributed by atoms with Gasteiger partial charge in [-0.15, -0.1) is 23.4 Å². The van der Waals surface area contributed by atoms with Gasteiger partial charge in [-0.25, -0.2) is 19.4 Å². The molecule has 1 aromatic rings. The van der Waals surface area contributed by atoms with Crippen LogP contribution in [-0.4, -0.2) is 96.3 Å². The number of rotatable bonds is 9. The van der Waals surface area contributed by atoms with Gasteiger partial charge >= 0.3 is 34.1 Å². The van der Waals surface area contributed by atoms with Crippen molar-refractivity contribution >= 4 is 103 Å². The van der Waals surface area contributed by atoms with E-state index in [0.29, 0.717) is 5.57 Å². The minimum absolute atomic E-state index is 0.0495. The Morgan fingerprint density at radius 2 is 1.93 bits per heavy atom. The minimum atomic E-state index is -1.35. The summed E-state index contributed by atoms with van der Waals surface area (Å²) < 4.78 is 13.5. The molecule has 0 unspecified atom stereocenters. The number of oxime groups is 1. The summed E-state index contributed by atoms with van der Waals surface area (Å²) in [4.78, 5) is 72.8. The van der Waals surface area contributed by atoms with E-state index in [1.54, 1.807) is 20.8 Å². The van der Waals surface area contributed by atoms with Crippen LogP contribution < -0.4 is 10.6 Å². The summed E-state index contributed by atoms with van der Waals surface area (Å²) in [6.07, 6.45) is -2.18. The van der Waals surface area contributed by atoms with Gasteiger partial charge in [0.05, 0.1) is 0 Å². The number of nitrogens with zero attached hydrogens (tertiary/aromatic N) is 3. The lowest BCUT2D eigenvalue weighted by molar-refractivity contribution is -0.149. The Labute approximate surface area is 254 Å². The molecule has 0 aromatic carbocycles. The highest BCUT2D eigenvalue weighted by Crippen LogP contribution is 2.41. The van der Waals surface area contributed by atoms with Crippen molar-refractivity contribution in [3.05, 3.63) is 21.3 Å². The number of fused-ring (bicyclic) bond motifs is 1. The molecule has 0 aliphatic carbocycles. The number of hydrogen-bond acceptors (Lipinski definition) is 13. The fraction of sp³-hybridized carbons (Fsp3) is 0.476. The minimum Gasteiger partial charge on any atom is -0.541 e. The zero-order valence-electron chi connectivity index (χ0n) is 21.9. The number of nitrogens with one attached hydrogen (secondary N) is 2. The number of carbonyl (C=O) groups is 5. The first-order chi connectivity index (χ1) is 19.2. The van der Waals surface area contributed by atoms with E-state index < -0.39 is 58.7 Å². The number of thioether (sulfide) groups is 1. The molecule has 3 atom stereocenters. The number of hydrogen-bond donors (Lipinski definition) is 2. The van der Waals surface area contributed by atoms with Crippen molar-refractivity contribution in [3.63, 3.8) is 0 Å². The first-order valence-electron chi connectivity index (χ1n) is 11.5. The van der Waals surface area contributed by atoms with Crippen molar-refractivity contribution in [1.82, 2.24) is 15.2 Å². The molecule has 2 N–H and O–H groups in total. The molecule has 1 fully saturated rings. The van der Waals surface area contributed by atoms with Crippen LogP contribution in [0.1, 0.15) is 33.4 Å². The van der Waals surface area contributed by atoms with Gasteiger partial charge in [-0.2, -0.15) is 0 Å². The Bertz CT molecular complexity index is 1320. The second-order valence-corrected chi connectivity index (χ2v) is 12.2. The van der Waals surface area contributed by atoms with Crippen molar-refractivity contribution in [1.29, 1.82) is 0 Å². The smallest absolute Gasteiger partial charge is 0.413 e. The molecule has 2 aliphatic rings. The van der Waals surface area contributed by atoms with Crippen LogP contribution in [0.5, 0.6) is 0 Å². The number of amides is 3. The largest absolute Gasteiger partial charge is 0.541 e. The summed E-state index contributed by atoms with van der Waals surface area (Å²) in [6.45, 7) is 6.23. The van der Waals surface area contributed by atoms with Gasteiger partial charge in [-0.1, -0.05) is 28.1 Å². The molecular weight excluding hydrogens is 623 g/mol. The number of alkyl halides is 1. The molecule has 4 radical (unpaired) electrons. The van der Waals surface area contributed by atoms with E-state index in [9.17, 15) is 24.0 Å². The van der Waals surface area contributed by atoms with E-state index in [1.165, 1.54) is 18.7 Å². The second-order valence-electron chi connectivity index (χ2n) is 9.24. The number of thiazole rings is 1. The SMILES string of the molecule is [B]OC(=O)C1=C(CCl)CS[C@@H]2[C@H](NC(=O)/C(=N\O[C@H](C)C(=O)O[B])c3nc(NC(=O)OC(C)(C)C)sc3Cl)C(=O)N12. The number of halogens is 2. The molecule has 1 aromatic heterocycles. The van der Waals surface area contributed by atoms with E-state index in [0.717, 1.165) is 16.2 Å². The standard InChI is InChI=1S/C21H21B2Cl2N5O9S2/c1-7(17(33)37-22)39-29-10(9-13(25)41-19(27-9)28-20(35)36-21(2,3)4)14(31)26-11-15(32)30-12(18(34)38-23)8(5-24)6-40-16(11)30/h7,11,16H,5-6H2,1-4H3,(H,26,31)(H,27,28,35)/b29-10-/t7-,11-,16-/m1/s1. The fourth-order valence-corrected chi connectivity index (χ4v) is 6.10. The van der Waals surface area contributed by atoms with Gasteiger partial charge in [-0.3, -0.25) is 19.8 Å². The highest BCUT2D eigenvalue weighted by atomic mass is 35.5.